The molecule has 4 heteroatoms. The van der Waals surface area contributed by atoms with Crippen molar-refractivity contribution in [1.82, 2.24) is 15.1 Å². The quantitative estimate of drug-likeness (QED) is 0.815. The van der Waals surface area contributed by atoms with Crippen LogP contribution in [0.1, 0.15) is 26.7 Å². The van der Waals surface area contributed by atoms with Gasteiger partial charge in [0, 0.05) is 44.8 Å². The van der Waals surface area contributed by atoms with E-state index in [-0.39, 0.29) is 0 Å². The van der Waals surface area contributed by atoms with Crippen LogP contribution in [0.15, 0.2) is 0 Å². The second-order valence-electron chi connectivity index (χ2n) is 6.54. The lowest BCUT2D eigenvalue weighted by Crippen LogP contribution is -2.59. The number of likely N-dealkylation sites (N-methyl/N-ethyl adjacent to an activating group) is 1. The summed E-state index contributed by atoms with van der Waals surface area (Å²) in [7, 11) is 0. The lowest BCUT2D eigenvalue weighted by Gasteiger charge is -2.42. The van der Waals surface area contributed by atoms with E-state index in [0.717, 1.165) is 51.3 Å². The van der Waals surface area contributed by atoms with Crippen LogP contribution < -0.4 is 5.32 Å². The molecule has 3 fully saturated rings. The monoisotopic (exact) mass is 267 g/mol. The van der Waals surface area contributed by atoms with Crippen LogP contribution in [0.3, 0.4) is 0 Å². The molecule has 2 saturated heterocycles. The molecular weight excluding hydrogens is 238 g/mol. The molecule has 1 N–H and O–H groups in total. The molecule has 3 atom stereocenters. The zero-order chi connectivity index (χ0) is 13.2. The standard InChI is InChI=1S/C15H29N3O/c1-3-17-6-7-19-14(9-17)10-18-11-15(13-4-5-13)16-8-12(18)2/h12-16H,3-11H2,1-2H3. The SMILES string of the molecule is CCN1CCOC(CN2CC(C3CC3)NCC2C)C1. The predicted octanol–water partition coefficient (Wildman–Crippen LogP) is 0.779. The van der Waals surface area contributed by atoms with Crippen molar-refractivity contribution in [3.63, 3.8) is 0 Å². The van der Waals surface area contributed by atoms with E-state index in [2.05, 4.69) is 29.0 Å². The van der Waals surface area contributed by atoms with Crippen molar-refractivity contribution in [3.05, 3.63) is 0 Å². The van der Waals surface area contributed by atoms with Crippen LogP contribution in [0, 0.1) is 5.92 Å². The molecule has 3 rings (SSSR count). The Morgan fingerprint density at radius 1 is 1.26 bits per heavy atom. The fraction of sp³-hybridized carbons (Fsp3) is 1.00. The number of nitrogens with one attached hydrogen (secondary N) is 1. The van der Waals surface area contributed by atoms with Gasteiger partial charge in [-0.3, -0.25) is 9.80 Å². The summed E-state index contributed by atoms with van der Waals surface area (Å²) in [6.45, 7) is 12.4. The Bertz CT molecular complexity index is 295. The van der Waals surface area contributed by atoms with E-state index in [0.29, 0.717) is 12.1 Å². The fourth-order valence-electron chi connectivity index (χ4n) is 3.46. The van der Waals surface area contributed by atoms with Crippen LogP contribution in [-0.4, -0.2) is 73.9 Å². The largest absolute Gasteiger partial charge is 0.374 e. The fourth-order valence-corrected chi connectivity index (χ4v) is 3.46. The summed E-state index contributed by atoms with van der Waals surface area (Å²) in [5.74, 6) is 0.953. The van der Waals surface area contributed by atoms with Crippen LogP contribution in [0.4, 0.5) is 0 Å². The normalized spacial score (nSPS) is 38.5. The van der Waals surface area contributed by atoms with Gasteiger partial charge in [-0.15, -0.1) is 0 Å². The van der Waals surface area contributed by atoms with E-state index >= 15 is 0 Å². The average Bonchev–Trinajstić information content (AvgIpc) is 3.26. The van der Waals surface area contributed by atoms with E-state index in [1.54, 1.807) is 0 Å². The highest BCUT2D eigenvalue weighted by Crippen LogP contribution is 2.34. The molecule has 1 saturated carbocycles. The third-order valence-electron chi connectivity index (χ3n) is 5.03. The number of morpholine rings is 1. The molecule has 3 unspecified atom stereocenters. The van der Waals surface area contributed by atoms with Gasteiger partial charge in [0.25, 0.3) is 0 Å². The Morgan fingerprint density at radius 2 is 2.11 bits per heavy atom. The molecule has 0 aromatic carbocycles. The zero-order valence-corrected chi connectivity index (χ0v) is 12.5. The van der Waals surface area contributed by atoms with Gasteiger partial charge in [-0.1, -0.05) is 6.92 Å². The third-order valence-corrected chi connectivity index (χ3v) is 5.03. The van der Waals surface area contributed by atoms with Crippen molar-refractivity contribution < 1.29 is 4.74 Å². The lowest BCUT2D eigenvalue weighted by atomic mass is 10.1. The van der Waals surface area contributed by atoms with Gasteiger partial charge in [0.2, 0.25) is 0 Å². The molecule has 19 heavy (non-hydrogen) atoms. The van der Waals surface area contributed by atoms with Crippen LogP contribution in [0.2, 0.25) is 0 Å². The minimum Gasteiger partial charge on any atom is -0.374 e. The van der Waals surface area contributed by atoms with Crippen LogP contribution in [-0.2, 0) is 4.74 Å². The maximum Gasteiger partial charge on any atom is 0.0829 e. The molecule has 110 valence electrons. The van der Waals surface area contributed by atoms with Crippen molar-refractivity contribution in [2.75, 3.05) is 45.9 Å². The topological polar surface area (TPSA) is 27.7 Å². The highest BCUT2D eigenvalue weighted by molar-refractivity contribution is 4.94. The molecule has 4 nitrogen and oxygen atoms in total. The summed E-state index contributed by atoms with van der Waals surface area (Å²) >= 11 is 0. The van der Waals surface area contributed by atoms with Gasteiger partial charge in [-0.2, -0.15) is 0 Å². The van der Waals surface area contributed by atoms with E-state index < -0.39 is 0 Å². The van der Waals surface area contributed by atoms with Gasteiger partial charge >= 0.3 is 0 Å². The number of hydrogen-bond acceptors (Lipinski definition) is 4. The van der Waals surface area contributed by atoms with Crippen LogP contribution in [0.25, 0.3) is 0 Å². The van der Waals surface area contributed by atoms with Gasteiger partial charge < -0.3 is 10.1 Å². The highest BCUT2D eigenvalue weighted by Gasteiger charge is 2.36. The van der Waals surface area contributed by atoms with Gasteiger partial charge in [0.1, 0.15) is 0 Å². The first-order chi connectivity index (χ1) is 9.26. The van der Waals surface area contributed by atoms with Crippen molar-refractivity contribution in [1.29, 1.82) is 0 Å². The summed E-state index contributed by atoms with van der Waals surface area (Å²) in [6.07, 6.45) is 3.28. The van der Waals surface area contributed by atoms with E-state index in [1.165, 1.54) is 19.4 Å². The molecule has 0 amide bonds. The predicted molar refractivity (Wildman–Crippen MR) is 77.4 cm³/mol. The summed E-state index contributed by atoms with van der Waals surface area (Å²) < 4.78 is 5.97. The number of rotatable bonds is 4. The number of nitrogens with zero attached hydrogens (tertiary/aromatic N) is 2. The Labute approximate surface area is 117 Å². The maximum absolute atomic E-state index is 5.97. The Kier molecular flexibility index (Phi) is 4.42. The highest BCUT2D eigenvalue weighted by atomic mass is 16.5. The lowest BCUT2D eigenvalue weighted by molar-refractivity contribution is -0.0511. The average molecular weight is 267 g/mol. The van der Waals surface area contributed by atoms with Crippen LogP contribution in [0.5, 0.6) is 0 Å². The van der Waals surface area contributed by atoms with Crippen molar-refractivity contribution in [2.24, 2.45) is 5.92 Å². The molecule has 0 spiro atoms. The minimum absolute atomic E-state index is 0.411. The van der Waals surface area contributed by atoms with Crippen molar-refractivity contribution in [3.8, 4) is 0 Å². The molecule has 0 aromatic heterocycles. The van der Waals surface area contributed by atoms with E-state index in [4.69, 9.17) is 4.74 Å². The second-order valence-corrected chi connectivity index (χ2v) is 6.54. The van der Waals surface area contributed by atoms with Gasteiger partial charge in [-0.25, -0.2) is 0 Å². The molecule has 2 aliphatic heterocycles. The Hall–Kier alpha value is -0.160. The molecule has 0 radical (unpaired) electrons. The zero-order valence-electron chi connectivity index (χ0n) is 12.5. The number of piperazine rings is 1. The molecule has 0 bridgehead atoms. The molecular formula is C15H29N3O. The molecule has 2 heterocycles. The Balaban J connectivity index is 1.51. The molecule has 3 aliphatic rings. The Morgan fingerprint density at radius 3 is 2.84 bits per heavy atom. The maximum atomic E-state index is 5.97. The van der Waals surface area contributed by atoms with Crippen molar-refractivity contribution in [2.45, 2.75) is 44.9 Å². The summed E-state index contributed by atoms with van der Waals surface area (Å²) in [5, 5.41) is 3.73. The first-order valence-corrected chi connectivity index (χ1v) is 8.07. The summed E-state index contributed by atoms with van der Waals surface area (Å²) in [6, 6.07) is 1.39. The van der Waals surface area contributed by atoms with Gasteiger partial charge in [0.15, 0.2) is 0 Å². The van der Waals surface area contributed by atoms with Crippen LogP contribution >= 0.6 is 0 Å². The van der Waals surface area contributed by atoms with Crippen molar-refractivity contribution >= 4 is 0 Å². The minimum atomic E-state index is 0.411. The second kappa shape index (κ2) is 6.08. The first kappa shape index (κ1) is 13.8. The summed E-state index contributed by atoms with van der Waals surface area (Å²) in [5.41, 5.74) is 0. The van der Waals surface area contributed by atoms with E-state index in [9.17, 15) is 0 Å². The first-order valence-electron chi connectivity index (χ1n) is 8.07. The molecule has 1 aliphatic carbocycles. The van der Waals surface area contributed by atoms with E-state index in [1.807, 2.05) is 0 Å². The van der Waals surface area contributed by atoms with Gasteiger partial charge in [-0.05, 0) is 32.2 Å². The van der Waals surface area contributed by atoms with Gasteiger partial charge in [0.05, 0.1) is 12.7 Å². The smallest absolute Gasteiger partial charge is 0.0829 e. The number of hydrogen-bond donors (Lipinski definition) is 1. The summed E-state index contributed by atoms with van der Waals surface area (Å²) in [4.78, 5) is 5.17. The number of ether oxygens (including phenoxy) is 1. The third kappa shape index (κ3) is 3.48. The molecule has 0 aromatic rings.